The molecule has 0 saturated heterocycles. The van der Waals surface area contributed by atoms with Crippen molar-refractivity contribution < 1.29 is 0 Å². The molecule has 4 rings (SSSR count). The summed E-state index contributed by atoms with van der Waals surface area (Å²) in [5.74, 6) is 1.15. The van der Waals surface area contributed by atoms with E-state index < -0.39 is 0 Å². The van der Waals surface area contributed by atoms with Crippen LogP contribution >= 0.6 is 11.8 Å². The highest BCUT2D eigenvalue weighted by molar-refractivity contribution is 7.99. The predicted octanol–water partition coefficient (Wildman–Crippen LogP) is 3.42. The Morgan fingerprint density at radius 2 is 2.10 bits per heavy atom. The molecule has 1 aliphatic rings. The van der Waals surface area contributed by atoms with Crippen molar-refractivity contribution in [2.24, 2.45) is 12.8 Å². The smallest absolute Gasteiger partial charge is 0.123 e. The number of hydrogen-bond donors (Lipinski definition) is 1. The van der Waals surface area contributed by atoms with Crippen molar-refractivity contribution >= 4 is 22.8 Å². The van der Waals surface area contributed by atoms with E-state index in [2.05, 4.69) is 54.1 Å². The second-order valence-corrected chi connectivity index (χ2v) is 6.68. The number of rotatable bonds is 2. The molecule has 0 bridgehead atoms. The first-order valence-electron chi connectivity index (χ1n) is 7.17. The summed E-state index contributed by atoms with van der Waals surface area (Å²) in [5.41, 5.74) is 10.6. The largest absolute Gasteiger partial charge is 0.330 e. The van der Waals surface area contributed by atoms with Gasteiger partial charge in [-0.25, -0.2) is 4.98 Å². The molecule has 0 spiro atoms. The van der Waals surface area contributed by atoms with Gasteiger partial charge in [0.2, 0.25) is 0 Å². The molecule has 1 unspecified atom stereocenters. The number of thioether (sulfide) groups is 1. The number of nitrogens with zero attached hydrogens (tertiary/aromatic N) is 2. The van der Waals surface area contributed by atoms with Crippen LogP contribution in [0.25, 0.3) is 11.0 Å². The Balaban J connectivity index is 1.80. The van der Waals surface area contributed by atoms with Crippen LogP contribution < -0.4 is 5.73 Å². The zero-order chi connectivity index (χ0) is 14.4. The van der Waals surface area contributed by atoms with Crippen LogP contribution in [0.5, 0.6) is 0 Å². The standard InChI is InChI=1S/C17H17N3S/c1-20-13-7-4-6-12(10-18)16(13)19-17(20)15-9-11-5-2-3-8-14(11)21-15/h2-8,15H,9-10,18H2,1H3. The first-order valence-corrected chi connectivity index (χ1v) is 8.04. The number of nitrogens with two attached hydrogens (primary N) is 1. The predicted molar refractivity (Wildman–Crippen MR) is 87.3 cm³/mol. The van der Waals surface area contributed by atoms with E-state index in [0.717, 1.165) is 23.3 Å². The van der Waals surface area contributed by atoms with Gasteiger partial charge in [0, 0.05) is 18.5 Å². The van der Waals surface area contributed by atoms with Gasteiger partial charge >= 0.3 is 0 Å². The molecule has 2 aromatic carbocycles. The molecular formula is C17H17N3S. The molecule has 2 N–H and O–H groups in total. The van der Waals surface area contributed by atoms with Gasteiger partial charge < -0.3 is 10.3 Å². The van der Waals surface area contributed by atoms with Crippen molar-refractivity contribution in [3.8, 4) is 0 Å². The minimum absolute atomic E-state index is 0.394. The summed E-state index contributed by atoms with van der Waals surface area (Å²) in [4.78, 5) is 6.29. The average Bonchev–Trinajstić information content (AvgIpc) is 3.08. The van der Waals surface area contributed by atoms with Crippen LogP contribution in [0, 0.1) is 0 Å². The fourth-order valence-corrected chi connectivity index (χ4v) is 4.41. The van der Waals surface area contributed by atoms with E-state index in [1.54, 1.807) is 0 Å². The highest BCUT2D eigenvalue weighted by atomic mass is 32.2. The lowest BCUT2D eigenvalue weighted by molar-refractivity contribution is 0.781. The Morgan fingerprint density at radius 3 is 2.90 bits per heavy atom. The Kier molecular flexibility index (Phi) is 3.01. The van der Waals surface area contributed by atoms with Gasteiger partial charge in [0.25, 0.3) is 0 Å². The van der Waals surface area contributed by atoms with Gasteiger partial charge in [0.1, 0.15) is 5.82 Å². The van der Waals surface area contributed by atoms with Gasteiger partial charge in [-0.15, -0.1) is 11.8 Å². The molecule has 0 amide bonds. The third kappa shape index (κ3) is 1.98. The summed E-state index contributed by atoms with van der Waals surface area (Å²) in [6, 6.07) is 14.9. The van der Waals surface area contributed by atoms with Crippen LogP contribution in [0.2, 0.25) is 0 Å². The molecule has 106 valence electrons. The highest BCUT2D eigenvalue weighted by Crippen LogP contribution is 2.46. The number of fused-ring (bicyclic) bond motifs is 2. The van der Waals surface area contributed by atoms with Crippen molar-refractivity contribution in [3.05, 3.63) is 59.4 Å². The highest BCUT2D eigenvalue weighted by Gasteiger charge is 2.27. The molecule has 4 heteroatoms. The molecule has 0 aliphatic carbocycles. The van der Waals surface area contributed by atoms with Gasteiger partial charge in [-0.3, -0.25) is 0 Å². The van der Waals surface area contributed by atoms with Gasteiger partial charge in [0.15, 0.2) is 0 Å². The molecule has 21 heavy (non-hydrogen) atoms. The summed E-state index contributed by atoms with van der Waals surface area (Å²) in [6.07, 6.45) is 1.05. The Morgan fingerprint density at radius 1 is 1.24 bits per heavy atom. The van der Waals surface area contributed by atoms with Crippen molar-refractivity contribution in [1.29, 1.82) is 0 Å². The van der Waals surface area contributed by atoms with Crippen LogP contribution in [-0.2, 0) is 20.0 Å². The Bertz CT molecular complexity index is 797. The van der Waals surface area contributed by atoms with Gasteiger partial charge in [-0.2, -0.15) is 0 Å². The van der Waals surface area contributed by atoms with E-state index in [1.807, 2.05) is 11.8 Å². The molecule has 2 heterocycles. The van der Waals surface area contributed by atoms with E-state index in [4.69, 9.17) is 10.7 Å². The number of benzene rings is 2. The zero-order valence-electron chi connectivity index (χ0n) is 11.9. The minimum atomic E-state index is 0.394. The van der Waals surface area contributed by atoms with Gasteiger partial charge in [-0.05, 0) is 29.7 Å². The maximum absolute atomic E-state index is 5.84. The summed E-state index contributed by atoms with van der Waals surface area (Å²) in [5, 5.41) is 0.394. The topological polar surface area (TPSA) is 43.8 Å². The fourth-order valence-electron chi connectivity index (χ4n) is 3.07. The zero-order valence-corrected chi connectivity index (χ0v) is 12.7. The third-order valence-electron chi connectivity index (χ3n) is 4.18. The second-order valence-electron chi connectivity index (χ2n) is 5.44. The maximum atomic E-state index is 5.84. The normalized spacial score (nSPS) is 17.3. The van der Waals surface area contributed by atoms with Crippen molar-refractivity contribution in [1.82, 2.24) is 9.55 Å². The number of aromatic nitrogens is 2. The lowest BCUT2D eigenvalue weighted by Crippen LogP contribution is -2.02. The maximum Gasteiger partial charge on any atom is 0.123 e. The molecule has 0 radical (unpaired) electrons. The number of para-hydroxylation sites is 1. The monoisotopic (exact) mass is 295 g/mol. The van der Waals surface area contributed by atoms with E-state index >= 15 is 0 Å². The summed E-state index contributed by atoms with van der Waals surface area (Å²) in [6.45, 7) is 0.534. The van der Waals surface area contributed by atoms with Crippen LogP contribution in [0.4, 0.5) is 0 Å². The van der Waals surface area contributed by atoms with Crippen LogP contribution in [0.15, 0.2) is 47.4 Å². The molecule has 1 atom stereocenters. The number of hydrogen-bond acceptors (Lipinski definition) is 3. The molecule has 1 aromatic heterocycles. The van der Waals surface area contributed by atoms with Crippen LogP contribution in [0.1, 0.15) is 22.2 Å². The quantitative estimate of drug-likeness (QED) is 0.788. The van der Waals surface area contributed by atoms with Crippen molar-refractivity contribution in [3.63, 3.8) is 0 Å². The van der Waals surface area contributed by atoms with E-state index in [1.165, 1.54) is 16.0 Å². The summed E-state index contributed by atoms with van der Waals surface area (Å²) >= 11 is 1.92. The van der Waals surface area contributed by atoms with Gasteiger partial charge in [-0.1, -0.05) is 30.3 Å². The Labute approximate surface area is 128 Å². The third-order valence-corrected chi connectivity index (χ3v) is 5.50. The molecule has 3 nitrogen and oxygen atoms in total. The number of aryl methyl sites for hydroxylation is 1. The molecule has 1 aliphatic heterocycles. The SMILES string of the molecule is Cn1c(C2Cc3ccccc3S2)nc2c(CN)cccc21. The number of imidazole rings is 1. The van der Waals surface area contributed by atoms with E-state index in [0.29, 0.717) is 11.8 Å². The first-order chi connectivity index (χ1) is 10.3. The van der Waals surface area contributed by atoms with E-state index in [-0.39, 0.29) is 0 Å². The van der Waals surface area contributed by atoms with Crippen LogP contribution in [0.3, 0.4) is 0 Å². The second kappa shape index (κ2) is 4.90. The molecule has 0 saturated carbocycles. The first kappa shape index (κ1) is 12.9. The van der Waals surface area contributed by atoms with Gasteiger partial charge in [0.05, 0.1) is 16.3 Å². The summed E-state index contributed by atoms with van der Waals surface area (Å²) in [7, 11) is 2.11. The minimum Gasteiger partial charge on any atom is -0.330 e. The Hall–Kier alpha value is -1.78. The van der Waals surface area contributed by atoms with Crippen molar-refractivity contribution in [2.75, 3.05) is 0 Å². The fraction of sp³-hybridized carbons (Fsp3) is 0.235. The lowest BCUT2D eigenvalue weighted by atomic mass is 10.1. The van der Waals surface area contributed by atoms with Crippen molar-refractivity contribution in [2.45, 2.75) is 23.1 Å². The average molecular weight is 295 g/mol. The molecule has 3 aromatic rings. The lowest BCUT2D eigenvalue weighted by Gasteiger charge is -2.08. The molecule has 0 fully saturated rings. The summed E-state index contributed by atoms with van der Waals surface area (Å²) < 4.78 is 2.22. The molecular weight excluding hydrogens is 278 g/mol. The van der Waals surface area contributed by atoms with E-state index in [9.17, 15) is 0 Å². The van der Waals surface area contributed by atoms with Crippen LogP contribution in [-0.4, -0.2) is 9.55 Å².